The number of carboxylic acids is 1. The predicted molar refractivity (Wildman–Crippen MR) is 67.6 cm³/mol. The lowest BCUT2D eigenvalue weighted by Gasteiger charge is -2.25. The van der Waals surface area contributed by atoms with Crippen molar-refractivity contribution in [1.82, 2.24) is 4.90 Å². The highest BCUT2D eigenvalue weighted by atomic mass is 35.5. The van der Waals surface area contributed by atoms with Crippen LogP contribution in [-0.4, -0.2) is 35.0 Å². The molecule has 1 saturated heterocycles. The molecular weight excluding hydrogens is 254 g/mol. The first-order valence-electron chi connectivity index (χ1n) is 5.71. The highest BCUT2D eigenvalue weighted by Crippen LogP contribution is 2.36. The molecule has 1 aromatic carbocycles. The van der Waals surface area contributed by atoms with Crippen molar-refractivity contribution >= 4 is 23.5 Å². The van der Waals surface area contributed by atoms with E-state index in [-0.39, 0.29) is 12.5 Å². The number of benzene rings is 1. The van der Waals surface area contributed by atoms with Gasteiger partial charge in [-0.05, 0) is 24.1 Å². The van der Waals surface area contributed by atoms with Crippen molar-refractivity contribution in [2.75, 3.05) is 13.1 Å². The number of amides is 1. The molecule has 1 amide bonds. The van der Waals surface area contributed by atoms with Gasteiger partial charge in [0.2, 0.25) is 5.91 Å². The van der Waals surface area contributed by atoms with Gasteiger partial charge in [0.05, 0.1) is 0 Å². The fourth-order valence-corrected chi connectivity index (χ4v) is 2.59. The number of carbonyl (C=O) groups is 2. The summed E-state index contributed by atoms with van der Waals surface area (Å²) in [5.41, 5.74) is -0.373. The topological polar surface area (TPSA) is 57.6 Å². The largest absolute Gasteiger partial charge is 0.481 e. The standard InChI is InChI=1S/C13H14ClNO3/c1-9(16)15-6-5-13(8-15,12(17)18)10-3-2-4-11(14)7-10/h2-4,7H,5-6,8H2,1H3,(H,17,18). The number of hydrogen-bond donors (Lipinski definition) is 1. The maximum absolute atomic E-state index is 11.6. The molecule has 0 saturated carbocycles. The summed E-state index contributed by atoms with van der Waals surface area (Å²) in [7, 11) is 0. The first-order chi connectivity index (χ1) is 8.45. The third kappa shape index (κ3) is 2.08. The van der Waals surface area contributed by atoms with Gasteiger partial charge < -0.3 is 10.0 Å². The second kappa shape index (κ2) is 4.61. The average molecular weight is 268 g/mol. The Kier molecular flexibility index (Phi) is 3.30. The van der Waals surface area contributed by atoms with Crippen LogP contribution >= 0.6 is 11.6 Å². The zero-order chi connectivity index (χ0) is 13.3. The van der Waals surface area contributed by atoms with Crippen molar-refractivity contribution in [3.8, 4) is 0 Å². The second-order valence-corrected chi connectivity index (χ2v) is 5.02. The van der Waals surface area contributed by atoms with Crippen molar-refractivity contribution in [2.45, 2.75) is 18.8 Å². The number of carboxylic acid groups (broad SMARTS) is 1. The molecule has 1 aromatic rings. The molecule has 1 atom stereocenters. The van der Waals surface area contributed by atoms with E-state index < -0.39 is 11.4 Å². The molecule has 0 aromatic heterocycles. The highest BCUT2D eigenvalue weighted by molar-refractivity contribution is 6.30. The molecular formula is C13H14ClNO3. The lowest BCUT2D eigenvalue weighted by Crippen LogP contribution is -2.39. The zero-order valence-corrected chi connectivity index (χ0v) is 10.8. The Labute approximate surface area is 110 Å². The van der Waals surface area contributed by atoms with Crippen LogP contribution in [0.1, 0.15) is 18.9 Å². The molecule has 2 rings (SSSR count). The molecule has 0 spiro atoms. The second-order valence-electron chi connectivity index (χ2n) is 4.59. The van der Waals surface area contributed by atoms with Gasteiger partial charge >= 0.3 is 5.97 Å². The maximum Gasteiger partial charge on any atom is 0.316 e. The molecule has 0 bridgehead atoms. The molecule has 96 valence electrons. The van der Waals surface area contributed by atoms with Crippen LogP contribution < -0.4 is 0 Å². The van der Waals surface area contributed by atoms with Crippen molar-refractivity contribution in [3.05, 3.63) is 34.9 Å². The highest BCUT2D eigenvalue weighted by Gasteiger charge is 2.47. The SMILES string of the molecule is CC(=O)N1CCC(C(=O)O)(c2cccc(Cl)c2)C1. The third-order valence-electron chi connectivity index (χ3n) is 3.50. The Hall–Kier alpha value is -1.55. The molecule has 4 nitrogen and oxygen atoms in total. The first-order valence-corrected chi connectivity index (χ1v) is 6.08. The summed E-state index contributed by atoms with van der Waals surface area (Å²) >= 11 is 5.92. The number of aliphatic carboxylic acids is 1. The van der Waals surface area contributed by atoms with Gasteiger partial charge in [0, 0.05) is 25.0 Å². The summed E-state index contributed by atoms with van der Waals surface area (Å²) in [6.45, 7) is 2.13. The number of rotatable bonds is 2. The van der Waals surface area contributed by atoms with Gasteiger partial charge in [0.15, 0.2) is 0 Å². The minimum absolute atomic E-state index is 0.0971. The van der Waals surface area contributed by atoms with Crippen molar-refractivity contribution in [3.63, 3.8) is 0 Å². The van der Waals surface area contributed by atoms with Crippen LogP contribution in [-0.2, 0) is 15.0 Å². The van der Waals surface area contributed by atoms with Gasteiger partial charge in [0.25, 0.3) is 0 Å². The fourth-order valence-electron chi connectivity index (χ4n) is 2.40. The Morgan fingerprint density at radius 1 is 1.44 bits per heavy atom. The molecule has 1 heterocycles. The van der Waals surface area contributed by atoms with Crippen molar-refractivity contribution in [2.24, 2.45) is 0 Å². The van der Waals surface area contributed by atoms with Gasteiger partial charge in [-0.15, -0.1) is 0 Å². The van der Waals surface area contributed by atoms with E-state index >= 15 is 0 Å². The molecule has 1 aliphatic rings. The van der Waals surface area contributed by atoms with Crippen LogP contribution in [0.5, 0.6) is 0 Å². The summed E-state index contributed by atoms with van der Waals surface area (Å²) in [5, 5.41) is 10.0. The molecule has 18 heavy (non-hydrogen) atoms. The summed E-state index contributed by atoms with van der Waals surface area (Å²) in [6, 6.07) is 6.86. The van der Waals surface area contributed by atoms with Crippen LogP contribution in [0.4, 0.5) is 0 Å². The predicted octanol–water partition coefficient (Wildman–Crippen LogP) is 1.91. The molecule has 1 aliphatic heterocycles. The molecule has 1 N–H and O–H groups in total. The van der Waals surface area contributed by atoms with E-state index in [2.05, 4.69) is 0 Å². The average Bonchev–Trinajstić information content (AvgIpc) is 2.75. The van der Waals surface area contributed by atoms with E-state index in [1.54, 1.807) is 29.2 Å². The Bertz CT molecular complexity index is 503. The van der Waals surface area contributed by atoms with Gasteiger partial charge in [-0.2, -0.15) is 0 Å². The first kappa shape index (κ1) is 12.9. The molecule has 1 unspecified atom stereocenters. The normalized spacial score (nSPS) is 23.1. The lowest BCUT2D eigenvalue weighted by molar-refractivity contribution is -0.143. The van der Waals surface area contributed by atoms with E-state index in [1.807, 2.05) is 0 Å². The number of halogens is 1. The quantitative estimate of drug-likeness (QED) is 0.891. The van der Waals surface area contributed by atoms with E-state index in [4.69, 9.17) is 11.6 Å². The number of hydrogen-bond acceptors (Lipinski definition) is 2. The third-order valence-corrected chi connectivity index (χ3v) is 3.74. The monoisotopic (exact) mass is 267 g/mol. The van der Waals surface area contributed by atoms with Gasteiger partial charge in [0.1, 0.15) is 5.41 Å². The number of likely N-dealkylation sites (tertiary alicyclic amines) is 1. The van der Waals surface area contributed by atoms with Gasteiger partial charge in [-0.25, -0.2) is 0 Å². The van der Waals surface area contributed by atoms with Crippen molar-refractivity contribution in [1.29, 1.82) is 0 Å². The van der Waals surface area contributed by atoms with Crippen LogP contribution in [0.15, 0.2) is 24.3 Å². The van der Waals surface area contributed by atoms with Gasteiger partial charge in [-0.1, -0.05) is 23.7 Å². The minimum Gasteiger partial charge on any atom is -0.481 e. The van der Waals surface area contributed by atoms with Crippen LogP contribution in [0.25, 0.3) is 0 Å². The van der Waals surface area contributed by atoms with Crippen LogP contribution in [0.2, 0.25) is 5.02 Å². The van der Waals surface area contributed by atoms with Gasteiger partial charge in [-0.3, -0.25) is 9.59 Å². The Balaban J connectivity index is 2.41. The smallest absolute Gasteiger partial charge is 0.316 e. The summed E-state index contributed by atoms with van der Waals surface area (Å²) in [4.78, 5) is 24.5. The summed E-state index contributed by atoms with van der Waals surface area (Å²) in [6.07, 6.45) is 0.419. The van der Waals surface area contributed by atoms with E-state index in [1.165, 1.54) is 6.92 Å². The molecule has 5 heteroatoms. The van der Waals surface area contributed by atoms with Crippen molar-refractivity contribution < 1.29 is 14.7 Å². The summed E-state index contributed by atoms with van der Waals surface area (Å²) < 4.78 is 0. The van der Waals surface area contributed by atoms with E-state index in [0.717, 1.165) is 0 Å². The van der Waals surface area contributed by atoms with Crippen LogP contribution in [0.3, 0.4) is 0 Å². The number of carbonyl (C=O) groups excluding carboxylic acids is 1. The fraction of sp³-hybridized carbons (Fsp3) is 0.385. The van der Waals surface area contributed by atoms with E-state index in [9.17, 15) is 14.7 Å². The number of nitrogens with zero attached hydrogens (tertiary/aromatic N) is 1. The summed E-state index contributed by atoms with van der Waals surface area (Å²) in [5.74, 6) is -1.01. The van der Waals surface area contributed by atoms with E-state index in [0.29, 0.717) is 23.6 Å². The lowest BCUT2D eigenvalue weighted by atomic mass is 9.80. The molecule has 0 radical (unpaired) electrons. The molecule has 1 fully saturated rings. The zero-order valence-electron chi connectivity index (χ0n) is 10.0. The Morgan fingerprint density at radius 3 is 2.67 bits per heavy atom. The Morgan fingerprint density at radius 2 is 2.17 bits per heavy atom. The minimum atomic E-state index is -1.03. The maximum atomic E-state index is 11.6. The molecule has 0 aliphatic carbocycles. The van der Waals surface area contributed by atoms with Crippen LogP contribution in [0, 0.1) is 0 Å².